The molecule has 1 aliphatic rings. The maximum atomic E-state index is 14.5. The van der Waals surface area contributed by atoms with E-state index in [-0.39, 0.29) is 31.0 Å². The van der Waals surface area contributed by atoms with Gasteiger partial charge in [-0.15, -0.1) is 0 Å². The quantitative estimate of drug-likeness (QED) is 0.0372. The number of hydrogen-bond acceptors (Lipinski definition) is 5. The van der Waals surface area contributed by atoms with Crippen LogP contribution in [-0.2, 0) is 36.1 Å². The fourth-order valence-electron chi connectivity index (χ4n) is 10.1. The molecule has 66 heavy (non-hydrogen) atoms. The number of hydrogen-bond donors (Lipinski definition) is 0. The molecule has 0 aromatic heterocycles. The van der Waals surface area contributed by atoms with Crippen LogP contribution in [0.5, 0.6) is 5.75 Å². The second-order valence-corrected chi connectivity index (χ2v) is 18.5. The molecule has 7 aromatic rings. The second kappa shape index (κ2) is 18.8. The Bertz CT molecular complexity index is 2900. The maximum absolute atomic E-state index is 14.5. The van der Waals surface area contributed by atoms with Gasteiger partial charge in [0.05, 0.1) is 25.4 Å². The molecular formula is C58H57F3O5. The molecule has 0 fully saturated rings. The molecule has 1 aliphatic carbocycles. The molecule has 340 valence electrons. The number of unbranched alkanes of at least 4 members (excludes halogenated alkanes) is 4. The van der Waals surface area contributed by atoms with Gasteiger partial charge in [0.1, 0.15) is 5.75 Å². The van der Waals surface area contributed by atoms with E-state index in [1.807, 2.05) is 6.07 Å². The summed E-state index contributed by atoms with van der Waals surface area (Å²) in [6, 6.07) is 35.3. The molecule has 0 heterocycles. The molecule has 0 bridgehead atoms. The van der Waals surface area contributed by atoms with Crippen LogP contribution in [0, 0.1) is 0 Å². The van der Waals surface area contributed by atoms with Crippen molar-refractivity contribution >= 4 is 44.3 Å². The smallest absolute Gasteiger partial charge is 0.419 e. The van der Waals surface area contributed by atoms with Crippen LogP contribution in [0.2, 0.25) is 0 Å². The molecule has 8 rings (SSSR count). The summed E-state index contributed by atoms with van der Waals surface area (Å²) in [7, 11) is 0. The van der Waals surface area contributed by atoms with Gasteiger partial charge in [-0.05, 0) is 145 Å². The molecule has 0 aliphatic heterocycles. The molecule has 0 atom stereocenters. The summed E-state index contributed by atoms with van der Waals surface area (Å²) in [6.07, 6.45) is 3.82. The van der Waals surface area contributed by atoms with Gasteiger partial charge in [-0.1, -0.05) is 138 Å². The van der Waals surface area contributed by atoms with E-state index < -0.39 is 29.1 Å². The van der Waals surface area contributed by atoms with Gasteiger partial charge in [0.2, 0.25) is 0 Å². The average Bonchev–Trinajstić information content (AvgIpc) is 3.57. The monoisotopic (exact) mass is 890 g/mol. The lowest BCUT2D eigenvalue weighted by Gasteiger charge is -2.33. The zero-order chi connectivity index (χ0) is 46.8. The lowest BCUT2D eigenvalue weighted by Crippen LogP contribution is -2.26. The van der Waals surface area contributed by atoms with Crippen molar-refractivity contribution in [2.24, 2.45) is 0 Å². The summed E-state index contributed by atoms with van der Waals surface area (Å²) < 4.78 is 59.5. The predicted molar refractivity (Wildman–Crippen MR) is 261 cm³/mol. The highest BCUT2D eigenvalue weighted by molar-refractivity contribution is 6.25. The molecule has 0 saturated heterocycles. The van der Waals surface area contributed by atoms with Gasteiger partial charge < -0.3 is 14.2 Å². The first-order valence-corrected chi connectivity index (χ1v) is 23.1. The van der Waals surface area contributed by atoms with E-state index in [0.29, 0.717) is 24.0 Å². The largest absolute Gasteiger partial charge is 0.493 e. The van der Waals surface area contributed by atoms with E-state index in [1.54, 1.807) is 13.0 Å². The molecule has 0 spiro atoms. The average molecular weight is 891 g/mol. The van der Waals surface area contributed by atoms with Gasteiger partial charge in [-0.3, -0.25) is 0 Å². The van der Waals surface area contributed by atoms with Gasteiger partial charge in [0, 0.05) is 17.6 Å². The van der Waals surface area contributed by atoms with E-state index in [2.05, 4.69) is 113 Å². The number of rotatable bonds is 18. The van der Waals surface area contributed by atoms with Crippen molar-refractivity contribution in [3.63, 3.8) is 0 Å². The van der Waals surface area contributed by atoms with Crippen LogP contribution in [0.25, 0.3) is 65.7 Å². The third-order valence-corrected chi connectivity index (χ3v) is 13.4. The lowest BCUT2D eigenvalue weighted by molar-refractivity contribution is -0.139. The zero-order valence-corrected chi connectivity index (χ0v) is 38.3. The number of ether oxygens (including phenoxy) is 3. The Labute approximate surface area is 385 Å². The maximum Gasteiger partial charge on any atom is 0.419 e. The van der Waals surface area contributed by atoms with Crippen LogP contribution in [-0.4, -0.2) is 31.8 Å². The summed E-state index contributed by atoms with van der Waals surface area (Å²) in [4.78, 5) is 23.7. The van der Waals surface area contributed by atoms with Crippen LogP contribution in [0.1, 0.15) is 101 Å². The van der Waals surface area contributed by atoms with Gasteiger partial charge in [0.25, 0.3) is 0 Å². The topological polar surface area (TPSA) is 61.8 Å². The number of carbonyl (C=O) groups excluding carboxylic acids is 2. The predicted octanol–water partition coefficient (Wildman–Crippen LogP) is 15.5. The van der Waals surface area contributed by atoms with Gasteiger partial charge >= 0.3 is 18.1 Å². The third-order valence-electron chi connectivity index (χ3n) is 13.4. The highest BCUT2D eigenvalue weighted by Crippen LogP contribution is 2.56. The lowest BCUT2D eigenvalue weighted by atomic mass is 9.70. The Morgan fingerprint density at radius 3 is 1.68 bits per heavy atom. The van der Waals surface area contributed by atoms with E-state index in [1.165, 1.54) is 67.7 Å². The Morgan fingerprint density at radius 1 is 0.591 bits per heavy atom. The number of halogens is 3. The van der Waals surface area contributed by atoms with Crippen molar-refractivity contribution in [3.8, 4) is 39.1 Å². The number of esters is 2. The first kappa shape index (κ1) is 46.1. The fraction of sp³-hybridized carbons (Fsp3) is 0.310. The van der Waals surface area contributed by atoms with E-state index in [0.717, 1.165) is 66.3 Å². The van der Waals surface area contributed by atoms with E-state index in [9.17, 15) is 22.8 Å². The van der Waals surface area contributed by atoms with Crippen molar-refractivity contribution in [1.29, 1.82) is 0 Å². The van der Waals surface area contributed by atoms with E-state index >= 15 is 0 Å². The first-order valence-electron chi connectivity index (χ1n) is 23.1. The summed E-state index contributed by atoms with van der Waals surface area (Å²) in [5.41, 5.74) is 7.78. The summed E-state index contributed by atoms with van der Waals surface area (Å²) in [6.45, 7) is 16.1. The fourth-order valence-corrected chi connectivity index (χ4v) is 10.1. The highest BCUT2D eigenvalue weighted by Gasteiger charge is 2.43. The molecule has 0 unspecified atom stereocenters. The molecule has 0 N–H and O–H groups in total. The van der Waals surface area contributed by atoms with Crippen molar-refractivity contribution < 1.29 is 37.0 Å². The highest BCUT2D eigenvalue weighted by atomic mass is 19.4. The standard InChI is InChI=1S/C58H57F3O5/c1-7-52(62)65-30-14-10-12-28-57(29-13-11-15-31-66-53(63)8-2)48-34-38(39-22-27-51(64-9-3)50(35-39)58(59,60)61)19-24-45(48)46-25-20-40(36-49(46)57)44-23-18-37-16-17-41-32-43(56(4,5)6)33-42-21-26-47(44)55(37)54(41)42/h7-8,16-27,32-36H,1-2,9-15,28-31H2,3-6H3. The zero-order valence-electron chi connectivity index (χ0n) is 38.3. The molecule has 7 aromatic carbocycles. The summed E-state index contributed by atoms with van der Waals surface area (Å²) in [5, 5.41) is 7.31. The van der Waals surface area contributed by atoms with E-state index in [4.69, 9.17) is 14.2 Å². The normalized spacial score (nSPS) is 13.2. The van der Waals surface area contributed by atoms with Gasteiger partial charge in [-0.25, -0.2) is 9.59 Å². The van der Waals surface area contributed by atoms with Crippen molar-refractivity contribution in [2.45, 2.75) is 96.1 Å². The minimum absolute atomic E-state index is 0.00174. The number of fused-ring (bicyclic) bond motifs is 3. The van der Waals surface area contributed by atoms with Crippen molar-refractivity contribution in [2.75, 3.05) is 19.8 Å². The van der Waals surface area contributed by atoms with Crippen LogP contribution in [0.3, 0.4) is 0 Å². The minimum atomic E-state index is -4.60. The summed E-state index contributed by atoms with van der Waals surface area (Å²) >= 11 is 0. The van der Waals surface area contributed by atoms with Crippen LogP contribution >= 0.6 is 0 Å². The third kappa shape index (κ3) is 9.07. The summed E-state index contributed by atoms with van der Waals surface area (Å²) in [5.74, 6) is -1.09. The Balaban J connectivity index is 1.26. The Morgan fingerprint density at radius 2 is 1.11 bits per heavy atom. The second-order valence-electron chi connectivity index (χ2n) is 18.5. The van der Waals surface area contributed by atoms with Crippen molar-refractivity contribution in [3.05, 3.63) is 151 Å². The molecule has 0 amide bonds. The van der Waals surface area contributed by atoms with Gasteiger partial charge in [-0.2, -0.15) is 13.2 Å². The van der Waals surface area contributed by atoms with Crippen LogP contribution < -0.4 is 4.74 Å². The minimum Gasteiger partial charge on any atom is -0.493 e. The molecule has 5 nitrogen and oxygen atoms in total. The van der Waals surface area contributed by atoms with Crippen LogP contribution in [0.4, 0.5) is 13.2 Å². The molecular weight excluding hydrogens is 834 g/mol. The van der Waals surface area contributed by atoms with Crippen molar-refractivity contribution in [1.82, 2.24) is 0 Å². The Hall–Kier alpha value is -6.41. The number of benzene rings is 7. The SMILES string of the molecule is C=CC(=O)OCCCCCC1(CCCCCOC(=O)C=C)c2cc(-c3ccc(OCC)c(C(F)(F)F)c3)ccc2-c2ccc(-c3ccc4ccc5cc(C(C)(C)C)cc6ccc3c4c56)cc21. The van der Waals surface area contributed by atoms with Gasteiger partial charge in [0.15, 0.2) is 0 Å². The first-order chi connectivity index (χ1) is 31.7. The molecule has 0 saturated carbocycles. The molecule has 0 radical (unpaired) electrons. The molecule has 8 heteroatoms. The van der Waals surface area contributed by atoms with Crippen LogP contribution in [0.15, 0.2) is 128 Å². The number of carbonyl (C=O) groups is 2. The number of alkyl halides is 3. The Kier molecular flexibility index (Phi) is 13.2.